The van der Waals surface area contributed by atoms with Crippen molar-refractivity contribution in [2.45, 2.75) is 0 Å². The molecule has 0 amide bonds. The van der Waals surface area contributed by atoms with E-state index in [2.05, 4.69) is 14.6 Å². The Morgan fingerprint density at radius 2 is 2.50 bits per heavy atom. The monoisotopic (exact) mass is 135 g/mol. The smallest absolute Gasteiger partial charge is 0.421 e. The minimum atomic E-state index is -0.0694. The van der Waals surface area contributed by atoms with E-state index in [1.165, 1.54) is 7.11 Å². The van der Waals surface area contributed by atoms with Crippen molar-refractivity contribution >= 4 is 16.3 Å². The zero-order chi connectivity index (χ0) is 6.41. The number of rotatable bonds is 1. The van der Waals surface area contributed by atoms with E-state index in [-0.39, 0.29) is 6.08 Å². The van der Waals surface area contributed by atoms with Crippen molar-refractivity contribution in [2.24, 2.45) is 5.16 Å². The summed E-state index contributed by atoms with van der Waals surface area (Å²) in [7, 11) is 2.28. The maximum Gasteiger partial charge on any atom is 0.421 e. The van der Waals surface area contributed by atoms with Crippen LogP contribution in [-0.2, 0) is 9.47 Å². The molecule has 0 aromatic rings. The Hall–Kier alpha value is -0.713. The number of hydrogen-bond donors (Lipinski definition) is 1. The molecule has 0 fully saturated rings. The minimum absolute atomic E-state index is 0.0694. The van der Waals surface area contributed by atoms with Gasteiger partial charge >= 0.3 is 6.08 Å². The minimum Gasteiger partial charge on any atom is -0.453 e. The van der Waals surface area contributed by atoms with E-state index < -0.39 is 0 Å². The molecule has 0 radical (unpaired) electrons. The summed E-state index contributed by atoms with van der Waals surface area (Å²) in [6, 6.07) is 0. The quantitative estimate of drug-likeness (QED) is 0.160. The highest BCUT2D eigenvalue weighted by Gasteiger charge is 1.92. The molecule has 0 unspecified atom stereocenters. The molecule has 0 aliphatic heterocycles. The summed E-state index contributed by atoms with van der Waals surface area (Å²) in [6.45, 7) is 0. The summed E-state index contributed by atoms with van der Waals surface area (Å²) in [5.41, 5.74) is 0. The van der Waals surface area contributed by atoms with Crippen molar-refractivity contribution in [3.05, 3.63) is 0 Å². The van der Waals surface area contributed by atoms with Gasteiger partial charge in [0.25, 0.3) is 0 Å². The Morgan fingerprint density at radius 3 is 2.62 bits per heavy atom. The SMILES string of the molecule is COC(=NO)OC[SiH3]. The summed E-state index contributed by atoms with van der Waals surface area (Å²) in [5, 5.41) is 10.7. The highest BCUT2D eigenvalue weighted by molar-refractivity contribution is 6.08. The van der Waals surface area contributed by atoms with Crippen molar-refractivity contribution < 1.29 is 14.7 Å². The third kappa shape index (κ3) is 2.46. The normalized spacial score (nSPS) is 11.4. The summed E-state index contributed by atoms with van der Waals surface area (Å²) >= 11 is 0. The van der Waals surface area contributed by atoms with Gasteiger partial charge in [0.2, 0.25) is 0 Å². The van der Waals surface area contributed by atoms with Gasteiger partial charge in [-0.3, -0.25) is 0 Å². The second kappa shape index (κ2) is 4.45. The fourth-order valence-electron chi connectivity index (χ4n) is 0.252. The molecule has 48 valence electrons. The van der Waals surface area contributed by atoms with Gasteiger partial charge in [-0.15, -0.1) is 0 Å². The molecule has 0 heterocycles. The van der Waals surface area contributed by atoms with E-state index in [9.17, 15) is 0 Å². The van der Waals surface area contributed by atoms with Crippen LogP contribution in [0, 0.1) is 0 Å². The van der Waals surface area contributed by atoms with Crippen LogP contribution in [0.3, 0.4) is 0 Å². The third-order valence-corrected chi connectivity index (χ3v) is 0.813. The molecule has 0 atom stereocenters. The van der Waals surface area contributed by atoms with E-state index in [1.54, 1.807) is 0 Å². The molecule has 1 N–H and O–H groups in total. The first kappa shape index (κ1) is 7.29. The van der Waals surface area contributed by atoms with Gasteiger partial charge in [-0.1, -0.05) is 0 Å². The Labute approximate surface area is 50.5 Å². The van der Waals surface area contributed by atoms with E-state index >= 15 is 0 Å². The van der Waals surface area contributed by atoms with Crippen molar-refractivity contribution in [1.82, 2.24) is 0 Å². The molecule has 0 saturated carbocycles. The second-order valence-electron chi connectivity index (χ2n) is 1.00. The van der Waals surface area contributed by atoms with Crippen LogP contribution in [0.25, 0.3) is 0 Å². The predicted molar refractivity (Wildman–Crippen MR) is 32.1 cm³/mol. The summed E-state index contributed by atoms with van der Waals surface area (Å²) < 4.78 is 9.12. The van der Waals surface area contributed by atoms with E-state index in [1.807, 2.05) is 0 Å². The average Bonchev–Trinajstić information content (AvgIpc) is 1.83. The number of nitrogens with zero attached hydrogens (tertiary/aromatic N) is 1. The molecule has 0 aliphatic carbocycles. The van der Waals surface area contributed by atoms with Crippen molar-refractivity contribution in [3.63, 3.8) is 0 Å². The molecular weight excluding hydrogens is 126 g/mol. The van der Waals surface area contributed by atoms with Gasteiger partial charge in [0.1, 0.15) is 0 Å². The van der Waals surface area contributed by atoms with Gasteiger partial charge in [-0.25, -0.2) is 0 Å². The largest absolute Gasteiger partial charge is 0.453 e. The summed E-state index contributed by atoms with van der Waals surface area (Å²) in [6.07, 6.45) is 0.507. The maximum atomic E-state index is 8.01. The lowest BCUT2D eigenvalue weighted by molar-refractivity contribution is 0.189. The van der Waals surface area contributed by atoms with Crippen molar-refractivity contribution in [2.75, 3.05) is 13.3 Å². The Morgan fingerprint density at radius 1 is 1.88 bits per heavy atom. The molecule has 0 saturated heterocycles. The topological polar surface area (TPSA) is 51.0 Å². The molecule has 0 spiro atoms. The lowest BCUT2D eigenvalue weighted by Gasteiger charge is -1.99. The standard InChI is InChI=1S/C3H9NO3Si/c1-6-3(4-5)7-2-8/h5H,2H2,1,8H3. The number of methoxy groups -OCH3 is 1. The van der Waals surface area contributed by atoms with Gasteiger partial charge in [0.05, 0.1) is 23.6 Å². The number of oxime groups is 1. The van der Waals surface area contributed by atoms with Gasteiger partial charge in [-0.2, -0.15) is 0 Å². The van der Waals surface area contributed by atoms with Gasteiger partial charge in [0, 0.05) is 0 Å². The summed E-state index contributed by atoms with van der Waals surface area (Å²) in [5.74, 6) is 0. The summed E-state index contributed by atoms with van der Waals surface area (Å²) in [4.78, 5) is 0. The third-order valence-electron chi connectivity index (χ3n) is 0.524. The zero-order valence-corrected chi connectivity index (χ0v) is 6.92. The van der Waals surface area contributed by atoms with Crippen LogP contribution in [0.1, 0.15) is 0 Å². The highest BCUT2D eigenvalue weighted by Crippen LogP contribution is 1.78. The number of ether oxygens (including phenoxy) is 2. The van der Waals surface area contributed by atoms with Crippen LogP contribution in [-0.4, -0.2) is 34.9 Å². The van der Waals surface area contributed by atoms with Gasteiger partial charge < -0.3 is 14.7 Å². The zero-order valence-electron chi connectivity index (χ0n) is 4.92. The number of hydrogen-bond acceptors (Lipinski definition) is 4. The van der Waals surface area contributed by atoms with Crippen molar-refractivity contribution in [1.29, 1.82) is 0 Å². The Balaban J connectivity index is 3.38. The molecule has 0 aromatic heterocycles. The van der Waals surface area contributed by atoms with Crippen LogP contribution in [0.4, 0.5) is 0 Å². The molecule has 8 heavy (non-hydrogen) atoms. The first-order chi connectivity index (χ1) is 3.85. The molecule has 5 heteroatoms. The molecule has 0 aliphatic rings. The van der Waals surface area contributed by atoms with Crippen LogP contribution >= 0.6 is 0 Å². The highest BCUT2D eigenvalue weighted by atomic mass is 28.1. The molecule has 4 nitrogen and oxygen atoms in total. The molecule has 0 rings (SSSR count). The van der Waals surface area contributed by atoms with Gasteiger partial charge in [-0.05, 0) is 5.16 Å². The van der Waals surface area contributed by atoms with Crippen molar-refractivity contribution in [3.8, 4) is 0 Å². The maximum absolute atomic E-state index is 8.01. The Kier molecular flexibility index (Phi) is 4.05. The van der Waals surface area contributed by atoms with Crippen LogP contribution in [0.5, 0.6) is 0 Å². The average molecular weight is 135 g/mol. The van der Waals surface area contributed by atoms with E-state index in [4.69, 9.17) is 5.21 Å². The fraction of sp³-hybridized carbons (Fsp3) is 0.667. The molecule has 0 bridgehead atoms. The van der Waals surface area contributed by atoms with Gasteiger partial charge in [0.15, 0.2) is 0 Å². The fourth-order valence-corrected chi connectivity index (χ4v) is 0.499. The van der Waals surface area contributed by atoms with E-state index in [0.29, 0.717) is 6.23 Å². The first-order valence-corrected chi connectivity index (χ1v) is 3.65. The lowest BCUT2D eigenvalue weighted by Crippen LogP contribution is -2.07. The predicted octanol–water partition coefficient (Wildman–Crippen LogP) is -1.28. The molecule has 0 aromatic carbocycles. The molecular formula is C3H9NO3Si. The van der Waals surface area contributed by atoms with Crippen LogP contribution in [0.2, 0.25) is 0 Å². The van der Waals surface area contributed by atoms with Crippen LogP contribution in [0.15, 0.2) is 5.16 Å². The van der Waals surface area contributed by atoms with E-state index in [0.717, 1.165) is 10.2 Å². The first-order valence-electron chi connectivity index (χ1n) is 2.24. The lowest BCUT2D eigenvalue weighted by atomic mass is 11.2. The Bertz CT molecular complexity index is 84.6. The van der Waals surface area contributed by atoms with Crippen LogP contribution < -0.4 is 0 Å². The second-order valence-corrected chi connectivity index (χ2v) is 1.58.